The summed E-state index contributed by atoms with van der Waals surface area (Å²) < 4.78 is 5.64. The Kier molecular flexibility index (Phi) is 3.80. The van der Waals surface area contributed by atoms with Crippen molar-refractivity contribution in [2.24, 2.45) is 0 Å². The molecule has 1 N–H and O–H groups in total. The van der Waals surface area contributed by atoms with Crippen LogP contribution in [0.4, 0.5) is 0 Å². The van der Waals surface area contributed by atoms with Crippen molar-refractivity contribution in [2.45, 2.75) is 12.5 Å². The van der Waals surface area contributed by atoms with Gasteiger partial charge in [0.15, 0.2) is 0 Å². The Bertz CT molecular complexity index is 592. The van der Waals surface area contributed by atoms with Gasteiger partial charge in [-0.3, -0.25) is 0 Å². The molecule has 0 heterocycles. The van der Waals surface area contributed by atoms with E-state index < -0.39 is 5.60 Å². The highest BCUT2D eigenvalue weighted by molar-refractivity contribution is 6.30. The molecule has 2 aromatic carbocycles. The van der Waals surface area contributed by atoms with Gasteiger partial charge in [-0.1, -0.05) is 29.7 Å². The second-order valence-electron chi connectivity index (χ2n) is 4.30. The average Bonchev–Trinajstić information content (AvgIpc) is 2.42. The minimum Gasteiger partial charge on any atom is -0.457 e. The fourth-order valence-corrected chi connectivity index (χ4v) is 1.70. The molecule has 2 nitrogen and oxygen atoms in total. The van der Waals surface area contributed by atoms with Gasteiger partial charge < -0.3 is 9.84 Å². The fourth-order valence-electron chi connectivity index (χ4n) is 1.57. The van der Waals surface area contributed by atoms with Gasteiger partial charge in [0, 0.05) is 5.02 Å². The molecule has 0 bridgehead atoms. The zero-order chi connectivity index (χ0) is 13.9. The second-order valence-corrected chi connectivity index (χ2v) is 4.73. The van der Waals surface area contributed by atoms with Gasteiger partial charge in [-0.25, -0.2) is 0 Å². The fraction of sp³-hybridized carbons (Fsp3) is 0.125. The molecule has 0 aliphatic rings. The smallest absolute Gasteiger partial charge is 0.147 e. The SMILES string of the molecule is C#CC(C)(O)c1ccc(Oc2ccc(Cl)cc2)cc1. The lowest BCUT2D eigenvalue weighted by atomic mass is 9.97. The molecule has 0 radical (unpaired) electrons. The highest BCUT2D eigenvalue weighted by Crippen LogP contribution is 2.26. The van der Waals surface area contributed by atoms with Crippen molar-refractivity contribution in [3.8, 4) is 23.8 Å². The zero-order valence-corrected chi connectivity index (χ0v) is 11.2. The van der Waals surface area contributed by atoms with Gasteiger partial charge in [0.25, 0.3) is 0 Å². The van der Waals surface area contributed by atoms with Crippen molar-refractivity contribution >= 4 is 11.6 Å². The molecule has 0 saturated heterocycles. The van der Waals surface area contributed by atoms with Crippen LogP contribution in [0.15, 0.2) is 48.5 Å². The summed E-state index contributed by atoms with van der Waals surface area (Å²) in [5, 5.41) is 10.6. The Balaban J connectivity index is 2.16. The molecular weight excluding hydrogens is 260 g/mol. The van der Waals surface area contributed by atoms with E-state index in [0.717, 1.165) is 0 Å². The van der Waals surface area contributed by atoms with E-state index in [9.17, 15) is 5.11 Å². The Morgan fingerprint density at radius 2 is 1.53 bits per heavy atom. The van der Waals surface area contributed by atoms with Gasteiger partial charge in [-0.05, 0) is 48.9 Å². The lowest BCUT2D eigenvalue weighted by Crippen LogP contribution is -2.17. The highest BCUT2D eigenvalue weighted by atomic mass is 35.5. The molecule has 96 valence electrons. The van der Waals surface area contributed by atoms with Crippen LogP contribution in [0.5, 0.6) is 11.5 Å². The van der Waals surface area contributed by atoms with Crippen molar-refractivity contribution in [3.63, 3.8) is 0 Å². The van der Waals surface area contributed by atoms with Crippen LogP contribution in [0, 0.1) is 12.3 Å². The topological polar surface area (TPSA) is 29.5 Å². The Hall–Kier alpha value is -1.95. The van der Waals surface area contributed by atoms with Crippen LogP contribution in [0.1, 0.15) is 12.5 Å². The molecule has 1 unspecified atom stereocenters. The van der Waals surface area contributed by atoms with Crippen molar-refractivity contribution in [3.05, 3.63) is 59.1 Å². The van der Waals surface area contributed by atoms with E-state index >= 15 is 0 Å². The monoisotopic (exact) mass is 272 g/mol. The lowest BCUT2D eigenvalue weighted by molar-refractivity contribution is 0.122. The molecule has 0 aliphatic carbocycles. The predicted octanol–water partition coefficient (Wildman–Crippen LogP) is 3.97. The maximum atomic E-state index is 9.91. The third-order valence-corrected chi connectivity index (χ3v) is 3.00. The van der Waals surface area contributed by atoms with Crippen LogP contribution < -0.4 is 4.74 Å². The van der Waals surface area contributed by atoms with E-state index in [-0.39, 0.29) is 0 Å². The second kappa shape index (κ2) is 5.36. The Morgan fingerprint density at radius 3 is 2.00 bits per heavy atom. The van der Waals surface area contributed by atoms with E-state index in [1.54, 1.807) is 55.5 Å². The number of benzene rings is 2. The number of rotatable bonds is 3. The molecule has 0 amide bonds. The molecular formula is C16H13ClO2. The van der Waals surface area contributed by atoms with E-state index in [1.807, 2.05) is 0 Å². The van der Waals surface area contributed by atoms with E-state index in [0.29, 0.717) is 22.1 Å². The van der Waals surface area contributed by atoms with Gasteiger partial charge in [-0.2, -0.15) is 0 Å². The Morgan fingerprint density at radius 1 is 1.05 bits per heavy atom. The molecule has 0 spiro atoms. The molecule has 2 aromatic rings. The highest BCUT2D eigenvalue weighted by Gasteiger charge is 2.19. The normalized spacial score (nSPS) is 13.4. The van der Waals surface area contributed by atoms with Crippen LogP contribution in [0.3, 0.4) is 0 Å². The number of hydrogen-bond donors (Lipinski definition) is 1. The Labute approximate surface area is 117 Å². The summed E-state index contributed by atoms with van der Waals surface area (Å²) >= 11 is 5.80. The first-order valence-corrected chi connectivity index (χ1v) is 6.13. The van der Waals surface area contributed by atoms with E-state index in [2.05, 4.69) is 5.92 Å². The van der Waals surface area contributed by atoms with Crippen LogP contribution in [0.2, 0.25) is 5.02 Å². The predicted molar refractivity (Wildman–Crippen MR) is 76.4 cm³/mol. The summed E-state index contributed by atoms with van der Waals surface area (Å²) in [5.74, 6) is 3.69. The standard InChI is InChI=1S/C16H13ClO2/c1-3-16(2,18)12-4-8-14(9-5-12)19-15-10-6-13(17)7-11-15/h1,4-11,18H,2H3. The number of terminal acetylenes is 1. The van der Waals surface area contributed by atoms with Crippen LogP contribution in [-0.2, 0) is 5.60 Å². The first-order valence-electron chi connectivity index (χ1n) is 5.75. The average molecular weight is 273 g/mol. The lowest BCUT2D eigenvalue weighted by Gasteiger charge is -2.16. The zero-order valence-electron chi connectivity index (χ0n) is 10.4. The van der Waals surface area contributed by atoms with Gasteiger partial charge in [0.1, 0.15) is 17.1 Å². The third-order valence-electron chi connectivity index (χ3n) is 2.75. The summed E-state index contributed by atoms with van der Waals surface area (Å²) in [6.45, 7) is 1.57. The molecule has 1 atom stereocenters. The van der Waals surface area contributed by atoms with Crippen LogP contribution >= 0.6 is 11.6 Å². The van der Waals surface area contributed by atoms with Crippen molar-refractivity contribution in [1.29, 1.82) is 0 Å². The van der Waals surface area contributed by atoms with Gasteiger partial charge in [0.2, 0.25) is 0 Å². The van der Waals surface area contributed by atoms with Crippen LogP contribution in [0.25, 0.3) is 0 Å². The molecule has 0 aliphatic heterocycles. The van der Waals surface area contributed by atoms with Gasteiger partial charge >= 0.3 is 0 Å². The number of aliphatic hydroxyl groups is 1. The minimum absolute atomic E-state index is 0.651. The van der Waals surface area contributed by atoms with Gasteiger partial charge in [-0.15, -0.1) is 6.42 Å². The number of ether oxygens (including phenoxy) is 1. The molecule has 3 heteroatoms. The number of hydrogen-bond acceptors (Lipinski definition) is 2. The minimum atomic E-state index is -1.27. The van der Waals surface area contributed by atoms with Crippen molar-refractivity contribution in [2.75, 3.05) is 0 Å². The summed E-state index contributed by atoms with van der Waals surface area (Å²) in [7, 11) is 0. The first kappa shape index (κ1) is 13.5. The molecule has 0 aromatic heterocycles. The molecule has 0 saturated carbocycles. The quantitative estimate of drug-likeness (QED) is 0.857. The van der Waals surface area contributed by atoms with Crippen LogP contribution in [-0.4, -0.2) is 5.11 Å². The first-order chi connectivity index (χ1) is 9.01. The maximum Gasteiger partial charge on any atom is 0.147 e. The summed E-state index contributed by atoms with van der Waals surface area (Å²) in [5.41, 5.74) is -0.614. The van der Waals surface area contributed by atoms with Crippen molar-refractivity contribution < 1.29 is 9.84 Å². The summed E-state index contributed by atoms with van der Waals surface area (Å²) in [4.78, 5) is 0. The maximum absolute atomic E-state index is 9.91. The molecule has 0 fully saturated rings. The molecule has 2 rings (SSSR count). The van der Waals surface area contributed by atoms with Gasteiger partial charge in [0.05, 0.1) is 0 Å². The van der Waals surface area contributed by atoms with E-state index in [1.165, 1.54) is 0 Å². The largest absolute Gasteiger partial charge is 0.457 e. The van der Waals surface area contributed by atoms with Crippen molar-refractivity contribution in [1.82, 2.24) is 0 Å². The molecule has 19 heavy (non-hydrogen) atoms. The summed E-state index contributed by atoms with van der Waals surface area (Å²) in [6.07, 6.45) is 5.27. The number of halogens is 1. The third kappa shape index (κ3) is 3.29. The van der Waals surface area contributed by atoms with E-state index in [4.69, 9.17) is 22.8 Å². The summed E-state index contributed by atoms with van der Waals surface area (Å²) in [6, 6.07) is 14.1.